The van der Waals surface area contributed by atoms with Crippen molar-refractivity contribution in [1.82, 2.24) is 0 Å². The molecule has 4 aliphatic carbocycles. The Labute approximate surface area is 187 Å². The first kappa shape index (κ1) is 22.8. The molecule has 174 valence electrons. The second-order valence-electron chi connectivity index (χ2n) is 13.1. The standard InChI is InChI=1S/C26H40O5/c1-7-24(5,8-17(2)9-25(6)13-19(27)30-20(25)28)21(29)31-26-12-18-10-22(3,15-26)14-23(4,11-18)16-26/h17-18H,7-16H2,1-6H3. The van der Waals surface area contributed by atoms with Crippen LogP contribution in [0.15, 0.2) is 0 Å². The van der Waals surface area contributed by atoms with Gasteiger partial charge >= 0.3 is 17.9 Å². The zero-order valence-electron chi connectivity index (χ0n) is 20.3. The monoisotopic (exact) mass is 432 g/mol. The molecule has 4 saturated carbocycles. The highest BCUT2D eigenvalue weighted by atomic mass is 16.6. The SMILES string of the molecule is CCC(C)(CC(C)CC1(C)CC(=O)OC1=O)C(=O)OC12CC3CC(C)(CC(C)(C3)C1)C2. The van der Waals surface area contributed by atoms with E-state index >= 15 is 0 Å². The predicted molar refractivity (Wildman–Crippen MR) is 117 cm³/mol. The van der Waals surface area contributed by atoms with E-state index in [1.54, 1.807) is 6.92 Å². The summed E-state index contributed by atoms with van der Waals surface area (Å²) in [6.45, 7) is 12.7. The molecule has 5 aliphatic rings. The average molecular weight is 433 g/mol. The van der Waals surface area contributed by atoms with Crippen LogP contribution in [0.2, 0.25) is 0 Å². The summed E-state index contributed by atoms with van der Waals surface area (Å²) < 4.78 is 11.3. The van der Waals surface area contributed by atoms with Crippen molar-refractivity contribution < 1.29 is 23.9 Å². The lowest BCUT2D eigenvalue weighted by molar-refractivity contribution is -0.223. The summed E-state index contributed by atoms with van der Waals surface area (Å²) in [6.07, 6.45) is 8.84. The minimum atomic E-state index is -0.780. The number of carbonyl (C=O) groups is 3. The van der Waals surface area contributed by atoms with Gasteiger partial charge < -0.3 is 9.47 Å². The van der Waals surface area contributed by atoms with Gasteiger partial charge in [0.15, 0.2) is 0 Å². The van der Waals surface area contributed by atoms with Crippen molar-refractivity contribution in [2.75, 3.05) is 0 Å². The molecule has 0 aromatic rings. The van der Waals surface area contributed by atoms with Gasteiger partial charge in [-0.3, -0.25) is 14.4 Å². The maximum Gasteiger partial charge on any atom is 0.320 e. The van der Waals surface area contributed by atoms with Gasteiger partial charge in [-0.15, -0.1) is 0 Å². The van der Waals surface area contributed by atoms with Gasteiger partial charge in [0.05, 0.1) is 17.3 Å². The lowest BCUT2D eigenvalue weighted by Crippen LogP contribution is -2.60. The van der Waals surface area contributed by atoms with Crippen molar-refractivity contribution >= 4 is 17.9 Å². The zero-order chi connectivity index (χ0) is 22.9. The maximum atomic E-state index is 13.6. The van der Waals surface area contributed by atoms with Crippen LogP contribution in [-0.2, 0) is 23.9 Å². The molecule has 5 fully saturated rings. The van der Waals surface area contributed by atoms with Crippen molar-refractivity contribution in [3.8, 4) is 0 Å². The van der Waals surface area contributed by atoms with Crippen LogP contribution in [0, 0.1) is 33.5 Å². The van der Waals surface area contributed by atoms with Crippen LogP contribution in [0.25, 0.3) is 0 Å². The fraction of sp³-hybridized carbons (Fsp3) is 0.885. The van der Waals surface area contributed by atoms with Gasteiger partial charge in [-0.1, -0.05) is 27.7 Å². The molecule has 0 aromatic carbocycles. The fourth-order valence-electron chi connectivity index (χ4n) is 8.57. The van der Waals surface area contributed by atoms with Crippen molar-refractivity contribution in [3.63, 3.8) is 0 Å². The highest BCUT2D eigenvalue weighted by molar-refractivity contribution is 5.97. The lowest BCUT2D eigenvalue weighted by Gasteiger charge is -2.64. The Bertz CT molecular complexity index is 784. The van der Waals surface area contributed by atoms with E-state index in [0.717, 1.165) is 19.3 Å². The molecule has 5 unspecified atom stereocenters. The topological polar surface area (TPSA) is 69.7 Å². The van der Waals surface area contributed by atoms with E-state index in [1.165, 1.54) is 19.3 Å². The first-order chi connectivity index (χ1) is 14.2. The van der Waals surface area contributed by atoms with E-state index in [1.807, 2.05) is 13.8 Å². The summed E-state index contributed by atoms with van der Waals surface area (Å²) in [7, 11) is 0. The van der Waals surface area contributed by atoms with Gasteiger partial charge in [-0.25, -0.2) is 0 Å². The van der Waals surface area contributed by atoms with E-state index in [4.69, 9.17) is 9.47 Å². The molecule has 0 radical (unpaired) electrons. The second kappa shape index (κ2) is 7.05. The van der Waals surface area contributed by atoms with Gasteiger partial charge in [-0.2, -0.15) is 0 Å². The average Bonchev–Trinajstić information content (AvgIpc) is 2.82. The number of cyclic esters (lactones) is 2. The Kier molecular flexibility index (Phi) is 5.19. The van der Waals surface area contributed by atoms with E-state index in [-0.39, 0.29) is 23.9 Å². The van der Waals surface area contributed by atoms with E-state index in [9.17, 15) is 14.4 Å². The molecule has 0 N–H and O–H groups in total. The van der Waals surface area contributed by atoms with Crippen molar-refractivity contribution in [2.24, 2.45) is 33.5 Å². The summed E-state index contributed by atoms with van der Waals surface area (Å²) in [5, 5.41) is 0. The number of esters is 3. The summed E-state index contributed by atoms with van der Waals surface area (Å²) in [6, 6.07) is 0. The van der Waals surface area contributed by atoms with Crippen LogP contribution in [-0.4, -0.2) is 23.5 Å². The van der Waals surface area contributed by atoms with Crippen LogP contribution < -0.4 is 0 Å². The first-order valence-electron chi connectivity index (χ1n) is 12.2. The maximum absolute atomic E-state index is 13.6. The summed E-state index contributed by atoms with van der Waals surface area (Å²) in [5.74, 6) is -0.170. The lowest BCUT2D eigenvalue weighted by atomic mass is 9.43. The molecule has 0 aromatic heterocycles. The van der Waals surface area contributed by atoms with Crippen LogP contribution in [0.5, 0.6) is 0 Å². The summed E-state index contributed by atoms with van der Waals surface area (Å²) in [5.41, 5.74) is -1.07. The van der Waals surface area contributed by atoms with Gasteiger partial charge in [0.2, 0.25) is 0 Å². The molecule has 0 amide bonds. The molecule has 0 spiro atoms. The third kappa shape index (κ3) is 4.06. The molecule has 5 rings (SSSR count). The molecular formula is C26H40O5. The normalized spacial score (nSPS) is 44.1. The van der Waals surface area contributed by atoms with E-state index in [0.29, 0.717) is 36.0 Å². The highest BCUT2D eigenvalue weighted by Crippen LogP contribution is 2.67. The number of hydrogen-bond acceptors (Lipinski definition) is 5. The number of hydrogen-bond donors (Lipinski definition) is 0. The molecule has 31 heavy (non-hydrogen) atoms. The van der Waals surface area contributed by atoms with Gasteiger partial charge in [-0.05, 0) is 94.3 Å². The Morgan fingerprint density at radius 1 is 1.13 bits per heavy atom. The van der Waals surface area contributed by atoms with Crippen LogP contribution in [0.4, 0.5) is 0 Å². The number of ether oxygens (including phenoxy) is 2. The molecule has 5 nitrogen and oxygen atoms in total. The zero-order valence-corrected chi connectivity index (χ0v) is 20.3. The smallest absolute Gasteiger partial charge is 0.320 e. The first-order valence-corrected chi connectivity index (χ1v) is 12.2. The predicted octanol–water partition coefficient (Wildman–Crippen LogP) is 5.59. The number of rotatable bonds is 7. The fourth-order valence-corrected chi connectivity index (χ4v) is 8.57. The molecule has 1 aliphatic heterocycles. The van der Waals surface area contributed by atoms with Crippen LogP contribution in [0.3, 0.4) is 0 Å². The molecule has 1 heterocycles. The molecule has 4 bridgehead atoms. The van der Waals surface area contributed by atoms with E-state index < -0.39 is 22.8 Å². The Morgan fingerprint density at radius 2 is 1.74 bits per heavy atom. The minimum absolute atomic E-state index is 0.0776. The van der Waals surface area contributed by atoms with Crippen molar-refractivity contribution in [2.45, 2.75) is 111 Å². The highest BCUT2D eigenvalue weighted by Gasteiger charge is 2.62. The Morgan fingerprint density at radius 3 is 2.23 bits per heavy atom. The third-order valence-electron chi connectivity index (χ3n) is 8.99. The third-order valence-corrected chi connectivity index (χ3v) is 8.99. The van der Waals surface area contributed by atoms with Crippen LogP contribution >= 0.6 is 0 Å². The Balaban J connectivity index is 1.45. The minimum Gasteiger partial charge on any atom is -0.459 e. The van der Waals surface area contributed by atoms with Gasteiger partial charge in [0, 0.05) is 0 Å². The largest absolute Gasteiger partial charge is 0.459 e. The van der Waals surface area contributed by atoms with Gasteiger partial charge in [0.25, 0.3) is 0 Å². The molecule has 5 atom stereocenters. The van der Waals surface area contributed by atoms with Crippen molar-refractivity contribution in [1.29, 1.82) is 0 Å². The number of carbonyl (C=O) groups excluding carboxylic acids is 3. The molecule has 1 saturated heterocycles. The second-order valence-corrected chi connectivity index (χ2v) is 13.1. The Hall–Kier alpha value is -1.39. The van der Waals surface area contributed by atoms with Crippen LogP contribution in [0.1, 0.15) is 106 Å². The molecular weight excluding hydrogens is 392 g/mol. The summed E-state index contributed by atoms with van der Waals surface area (Å²) in [4.78, 5) is 37.3. The van der Waals surface area contributed by atoms with Crippen molar-refractivity contribution in [3.05, 3.63) is 0 Å². The summed E-state index contributed by atoms with van der Waals surface area (Å²) >= 11 is 0. The van der Waals surface area contributed by atoms with E-state index in [2.05, 4.69) is 20.8 Å². The molecule has 5 heteroatoms. The quantitative estimate of drug-likeness (QED) is 0.387. The van der Waals surface area contributed by atoms with Gasteiger partial charge in [0.1, 0.15) is 5.60 Å².